The number of hydrogen-bond donors (Lipinski definition) is 3. The van der Waals surface area contributed by atoms with Crippen LogP contribution in [0.15, 0.2) is 18.2 Å². The second-order valence-corrected chi connectivity index (χ2v) is 3.40. The third-order valence-electron chi connectivity index (χ3n) is 2.21. The van der Waals surface area contributed by atoms with Gasteiger partial charge in [-0.1, -0.05) is 0 Å². The molecular formula is C11H14FNO4. The number of aliphatic hydroxyl groups is 2. The molecule has 0 heterocycles. The highest BCUT2D eigenvalue weighted by atomic mass is 19.1. The van der Waals surface area contributed by atoms with Crippen molar-refractivity contribution in [2.75, 3.05) is 26.3 Å². The molecule has 6 heteroatoms. The Labute approximate surface area is 97.7 Å². The number of amides is 1. The first-order valence-electron chi connectivity index (χ1n) is 5.09. The van der Waals surface area contributed by atoms with Crippen LogP contribution in [0, 0.1) is 5.82 Å². The molecule has 0 aromatic heterocycles. The molecule has 17 heavy (non-hydrogen) atoms. The zero-order chi connectivity index (χ0) is 12.8. The Morgan fingerprint density at radius 1 is 1.24 bits per heavy atom. The van der Waals surface area contributed by atoms with Crippen LogP contribution in [0.5, 0.6) is 5.75 Å². The van der Waals surface area contributed by atoms with Gasteiger partial charge in [-0.15, -0.1) is 0 Å². The van der Waals surface area contributed by atoms with Crippen LogP contribution in [0.4, 0.5) is 4.39 Å². The summed E-state index contributed by atoms with van der Waals surface area (Å²) < 4.78 is 13.4. The van der Waals surface area contributed by atoms with Gasteiger partial charge >= 0.3 is 0 Å². The Morgan fingerprint density at radius 2 is 1.82 bits per heavy atom. The molecule has 0 atom stereocenters. The van der Waals surface area contributed by atoms with Gasteiger partial charge in [0.1, 0.15) is 11.6 Å². The highest BCUT2D eigenvalue weighted by Gasteiger charge is 2.18. The van der Waals surface area contributed by atoms with Gasteiger partial charge < -0.3 is 20.2 Å². The van der Waals surface area contributed by atoms with Gasteiger partial charge in [0.15, 0.2) is 0 Å². The number of benzene rings is 1. The van der Waals surface area contributed by atoms with Crippen molar-refractivity contribution in [1.82, 2.24) is 4.90 Å². The molecule has 0 saturated carbocycles. The summed E-state index contributed by atoms with van der Waals surface area (Å²) in [6.07, 6.45) is 0. The van der Waals surface area contributed by atoms with Gasteiger partial charge in [-0.2, -0.15) is 0 Å². The largest absolute Gasteiger partial charge is 0.508 e. The first kappa shape index (κ1) is 13.4. The van der Waals surface area contributed by atoms with Gasteiger partial charge in [-0.25, -0.2) is 4.39 Å². The maximum absolute atomic E-state index is 13.4. The monoisotopic (exact) mass is 243 g/mol. The number of nitrogens with zero attached hydrogens (tertiary/aromatic N) is 1. The first-order valence-corrected chi connectivity index (χ1v) is 5.09. The normalized spacial score (nSPS) is 10.3. The van der Waals surface area contributed by atoms with Crippen LogP contribution in [-0.4, -0.2) is 52.4 Å². The molecule has 0 saturated heterocycles. The molecule has 0 fully saturated rings. The zero-order valence-electron chi connectivity index (χ0n) is 9.14. The Balaban J connectivity index is 2.92. The SMILES string of the molecule is O=C(c1ccc(O)cc1F)N(CCO)CCO. The minimum atomic E-state index is -0.837. The van der Waals surface area contributed by atoms with Crippen LogP contribution in [0.2, 0.25) is 0 Å². The molecule has 0 aliphatic carbocycles. The van der Waals surface area contributed by atoms with Crippen LogP contribution < -0.4 is 0 Å². The van der Waals surface area contributed by atoms with E-state index in [1.807, 2.05) is 0 Å². The van der Waals surface area contributed by atoms with Gasteiger partial charge in [-0.05, 0) is 12.1 Å². The molecule has 0 bridgehead atoms. The third-order valence-corrected chi connectivity index (χ3v) is 2.21. The molecule has 1 amide bonds. The van der Waals surface area contributed by atoms with Gasteiger partial charge in [0.2, 0.25) is 0 Å². The topological polar surface area (TPSA) is 81.0 Å². The lowest BCUT2D eigenvalue weighted by molar-refractivity contribution is 0.0680. The summed E-state index contributed by atoms with van der Waals surface area (Å²) in [7, 11) is 0. The summed E-state index contributed by atoms with van der Waals surface area (Å²) in [5, 5.41) is 26.5. The van der Waals surface area contributed by atoms with Crippen LogP contribution in [0.3, 0.4) is 0 Å². The second kappa shape index (κ2) is 6.17. The molecule has 0 spiro atoms. The lowest BCUT2D eigenvalue weighted by atomic mass is 10.1. The van der Waals surface area contributed by atoms with E-state index in [0.717, 1.165) is 17.0 Å². The van der Waals surface area contributed by atoms with Gasteiger partial charge in [-0.3, -0.25) is 4.79 Å². The Kier molecular flexibility index (Phi) is 4.86. The fraction of sp³-hybridized carbons (Fsp3) is 0.364. The average molecular weight is 243 g/mol. The average Bonchev–Trinajstić information content (AvgIpc) is 2.28. The molecule has 1 aromatic carbocycles. The minimum absolute atomic E-state index is 0.0136. The first-order chi connectivity index (χ1) is 8.10. The van der Waals surface area contributed by atoms with Crippen molar-refractivity contribution in [2.24, 2.45) is 0 Å². The van der Waals surface area contributed by atoms with E-state index in [0.29, 0.717) is 0 Å². The molecule has 0 aliphatic heterocycles. The number of rotatable bonds is 5. The van der Waals surface area contributed by atoms with Crippen LogP contribution in [0.25, 0.3) is 0 Å². The maximum Gasteiger partial charge on any atom is 0.256 e. The Bertz CT molecular complexity index is 391. The number of hydrogen-bond acceptors (Lipinski definition) is 4. The van der Waals surface area contributed by atoms with Gasteiger partial charge in [0, 0.05) is 19.2 Å². The molecule has 0 aliphatic rings. The van der Waals surface area contributed by atoms with E-state index in [1.54, 1.807) is 0 Å². The molecule has 0 unspecified atom stereocenters. The highest BCUT2D eigenvalue weighted by Crippen LogP contribution is 2.16. The summed E-state index contributed by atoms with van der Waals surface area (Å²) in [5.74, 6) is -1.74. The number of carbonyl (C=O) groups excluding carboxylic acids is 1. The predicted molar refractivity (Wildman–Crippen MR) is 58.1 cm³/mol. The van der Waals surface area contributed by atoms with Crippen LogP contribution in [-0.2, 0) is 0 Å². The van der Waals surface area contributed by atoms with E-state index in [-0.39, 0.29) is 37.6 Å². The van der Waals surface area contributed by atoms with Crippen molar-refractivity contribution < 1.29 is 24.5 Å². The number of carbonyl (C=O) groups is 1. The Hall–Kier alpha value is -1.66. The zero-order valence-corrected chi connectivity index (χ0v) is 9.14. The van der Waals surface area contributed by atoms with Crippen molar-refractivity contribution in [2.45, 2.75) is 0 Å². The fourth-order valence-corrected chi connectivity index (χ4v) is 1.40. The predicted octanol–water partition coefficient (Wildman–Crippen LogP) is -0.0419. The van der Waals surface area contributed by atoms with E-state index in [9.17, 15) is 9.18 Å². The number of halogens is 1. The van der Waals surface area contributed by atoms with E-state index in [2.05, 4.69) is 0 Å². The third kappa shape index (κ3) is 3.40. The summed E-state index contributed by atoms with van der Waals surface area (Å²) in [5.41, 5.74) is -0.204. The molecule has 1 rings (SSSR count). The Morgan fingerprint density at radius 3 is 2.29 bits per heavy atom. The van der Waals surface area contributed by atoms with Crippen LogP contribution >= 0.6 is 0 Å². The van der Waals surface area contributed by atoms with Crippen LogP contribution in [0.1, 0.15) is 10.4 Å². The van der Waals surface area contributed by atoms with Gasteiger partial charge in [0.05, 0.1) is 18.8 Å². The van der Waals surface area contributed by atoms with E-state index in [4.69, 9.17) is 15.3 Å². The highest BCUT2D eigenvalue weighted by molar-refractivity contribution is 5.94. The van der Waals surface area contributed by atoms with E-state index in [1.165, 1.54) is 6.07 Å². The summed E-state index contributed by atoms with van der Waals surface area (Å²) in [6, 6.07) is 3.20. The summed E-state index contributed by atoms with van der Waals surface area (Å²) >= 11 is 0. The lowest BCUT2D eigenvalue weighted by Crippen LogP contribution is -2.36. The van der Waals surface area contributed by atoms with Gasteiger partial charge in [0.25, 0.3) is 5.91 Å². The molecule has 1 aromatic rings. The van der Waals surface area contributed by atoms with E-state index < -0.39 is 11.7 Å². The molecular weight excluding hydrogens is 229 g/mol. The van der Waals surface area contributed by atoms with Crippen molar-refractivity contribution in [1.29, 1.82) is 0 Å². The maximum atomic E-state index is 13.4. The number of phenols is 1. The fourth-order valence-electron chi connectivity index (χ4n) is 1.40. The van der Waals surface area contributed by atoms with Crippen molar-refractivity contribution in [3.63, 3.8) is 0 Å². The number of aliphatic hydroxyl groups excluding tert-OH is 2. The van der Waals surface area contributed by atoms with E-state index >= 15 is 0 Å². The van der Waals surface area contributed by atoms with Crippen molar-refractivity contribution in [3.05, 3.63) is 29.6 Å². The molecule has 94 valence electrons. The molecule has 0 radical (unpaired) electrons. The number of aromatic hydroxyl groups is 1. The minimum Gasteiger partial charge on any atom is -0.508 e. The summed E-state index contributed by atoms with van der Waals surface area (Å²) in [6.45, 7) is -0.518. The molecule has 5 nitrogen and oxygen atoms in total. The quantitative estimate of drug-likeness (QED) is 0.677. The van der Waals surface area contributed by atoms with Crippen molar-refractivity contribution in [3.8, 4) is 5.75 Å². The smallest absolute Gasteiger partial charge is 0.256 e. The lowest BCUT2D eigenvalue weighted by Gasteiger charge is -2.20. The number of phenolic OH excluding ortho intramolecular Hbond substituents is 1. The van der Waals surface area contributed by atoms with Crippen molar-refractivity contribution >= 4 is 5.91 Å². The molecule has 3 N–H and O–H groups in total. The second-order valence-electron chi connectivity index (χ2n) is 3.40. The summed E-state index contributed by atoms with van der Waals surface area (Å²) in [4.78, 5) is 13.0. The standard InChI is InChI=1S/C11H14FNO4/c12-10-7-8(16)1-2-9(10)11(17)13(3-5-14)4-6-15/h1-2,7,14-16H,3-6H2.